The summed E-state index contributed by atoms with van der Waals surface area (Å²) < 4.78 is 0. The summed E-state index contributed by atoms with van der Waals surface area (Å²) in [6.07, 6.45) is 3.86. The molecule has 1 aromatic carbocycles. The van der Waals surface area contributed by atoms with Gasteiger partial charge >= 0.3 is 0 Å². The second kappa shape index (κ2) is 6.06. The lowest BCUT2D eigenvalue weighted by molar-refractivity contribution is 0.101. The minimum atomic E-state index is 0.0843. The fourth-order valence-corrected chi connectivity index (χ4v) is 3.98. The predicted octanol–water partition coefficient (Wildman–Crippen LogP) is 4.37. The van der Waals surface area contributed by atoms with Crippen LogP contribution in [0.4, 0.5) is 5.69 Å². The number of hydrogen-bond acceptors (Lipinski definition) is 3. The Balaban J connectivity index is 1.74. The summed E-state index contributed by atoms with van der Waals surface area (Å²) in [5.41, 5.74) is 6.77. The van der Waals surface area contributed by atoms with Crippen LogP contribution in [0.1, 0.15) is 47.8 Å². The third-order valence-electron chi connectivity index (χ3n) is 5.21. The summed E-state index contributed by atoms with van der Waals surface area (Å²) in [6, 6.07) is 6.43. The smallest absolute Gasteiger partial charge is 0.161 e. The number of Topliss-reactive ketones (excluding diaryl/α,β-unsaturated/α-hetero) is 1. The van der Waals surface area contributed by atoms with Crippen molar-refractivity contribution >= 4 is 22.5 Å². The first-order chi connectivity index (χ1) is 12.0. The van der Waals surface area contributed by atoms with Gasteiger partial charge in [0.2, 0.25) is 0 Å². The summed E-state index contributed by atoms with van der Waals surface area (Å²) in [5.74, 6) is 0.875. The molecule has 5 heteroatoms. The molecular weight excluding hydrogens is 312 g/mol. The molecule has 1 aliphatic rings. The number of benzene rings is 1. The fraction of sp³-hybridized carbons (Fsp3) is 0.400. The van der Waals surface area contributed by atoms with Gasteiger partial charge in [0.05, 0.1) is 16.7 Å². The van der Waals surface area contributed by atoms with E-state index in [2.05, 4.69) is 33.1 Å². The van der Waals surface area contributed by atoms with E-state index in [9.17, 15) is 4.79 Å². The number of nitrogens with zero attached hydrogens (tertiary/aromatic N) is 2. The Morgan fingerprint density at radius 2 is 1.88 bits per heavy atom. The Labute approximate surface area is 147 Å². The number of fused-ring (bicyclic) bond motifs is 1. The molecule has 3 aromatic rings. The Hall–Kier alpha value is -2.56. The molecule has 0 saturated carbocycles. The van der Waals surface area contributed by atoms with Gasteiger partial charge in [-0.05, 0) is 63.8 Å². The highest BCUT2D eigenvalue weighted by Gasteiger charge is 2.19. The summed E-state index contributed by atoms with van der Waals surface area (Å²) in [7, 11) is 0. The molecule has 4 rings (SSSR count). The number of nitrogens with one attached hydrogen (secondary N) is 2. The first-order valence-electron chi connectivity index (χ1n) is 9.00. The SMILES string of the molecule is CC(=O)c1c(C)[nH]c(-c2nc3ccc(N4CCCCC4)cc3[nH]2)c1C. The average molecular weight is 336 g/mol. The van der Waals surface area contributed by atoms with E-state index in [4.69, 9.17) is 4.98 Å². The Morgan fingerprint density at radius 3 is 2.56 bits per heavy atom. The van der Waals surface area contributed by atoms with Gasteiger partial charge in [0.1, 0.15) is 0 Å². The van der Waals surface area contributed by atoms with Crippen molar-refractivity contribution in [2.45, 2.75) is 40.0 Å². The number of carbonyl (C=O) groups excluding carboxylic acids is 1. The number of aromatic amines is 2. The average Bonchev–Trinajstić information content (AvgIpc) is 3.15. The van der Waals surface area contributed by atoms with Gasteiger partial charge in [0.15, 0.2) is 11.6 Å². The number of anilines is 1. The van der Waals surface area contributed by atoms with Crippen LogP contribution in [0.3, 0.4) is 0 Å². The van der Waals surface area contributed by atoms with E-state index in [1.807, 2.05) is 13.8 Å². The third kappa shape index (κ3) is 2.73. The molecule has 25 heavy (non-hydrogen) atoms. The summed E-state index contributed by atoms with van der Waals surface area (Å²) >= 11 is 0. The normalized spacial score (nSPS) is 15.1. The lowest BCUT2D eigenvalue weighted by Crippen LogP contribution is -2.29. The van der Waals surface area contributed by atoms with Gasteiger partial charge in [-0.2, -0.15) is 0 Å². The molecule has 3 heterocycles. The van der Waals surface area contributed by atoms with Gasteiger partial charge in [0.25, 0.3) is 0 Å². The number of rotatable bonds is 3. The highest BCUT2D eigenvalue weighted by molar-refractivity contribution is 5.98. The molecule has 0 radical (unpaired) electrons. The standard InChI is InChI=1S/C20H24N4O/c1-12-18(14(3)25)13(2)21-19(12)20-22-16-8-7-15(11-17(16)23-20)24-9-5-4-6-10-24/h7-8,11,21H,4-6,9-10H2,1-3H3,(H,22,23). The summed E-state index contributed by atoms with van der Waals surface area (Å²) in [5, 5.41) is 0. The van der Waals surface area contributed by atoms with Crippen LogP contribution < -0.4 is 4.90 Å². The maximum atomic E-state index is 11.9. The predicted molar refractivity (Wildman–Crippen MR) is 101 cm³/mol. The Morgan fingerprint density at radius 1 is 1.12 bits per heavy atom. The lowest BCUT2D eigenvalue weighted by atomic mass is 10.1. The molecule has 2 aromatic heterocycles. The molecule has 130 valence electrons. The molecule has 5 nitrogen and oxygen atoms in total. The Kier molecular flexibility index (Phi) is 3.86. The number of aryl methyl sites for hydroxylation is 1. The van der Waals surface area contributed by atoms with Crippen molar-refractivity contribution in [3.63, 3.8) is 0 Å². The number of ketones is 1. The van der Waals surface area contributed by atoms with Crippen molar-refractivity contribution in [2.24, 2.45) is 0 Å². The number of carbonyl (C=O) groups is 1. The fourth-order valence-electron chi connectivity index (χ4n) is 3.98. The molecular formula is C20H24N4O. The van der Waals surface area contributed by atoms with Crippen LogP contribution in [0.15, 0.2) is 18.2 Å². The second-order valence-corrected chi connectivity index (χ2v) is 7.02. The molecule has 0 spiro atoms. The van der Waals surface area contributed by atoms with E-state index in [0.717, 1.165) is 52.5 Å². The van der Waals surface area contributed by atoms with Crippen molar-refractivity contribution in [1.29, 1.82) is 0 Å². The minimum absolute atomic E-state index is 0.0843. The summed E-state index contributed by atoms with van der Waals surface area (Å²) in [4.78, 5) is 25.8. The maximum absolute atomic E-state index is 11.9. The van der Waals surface area contributed by atoms with Crippen molar-refractivity contribution in [3.05, 3.63) is 35.0 Å². The van der Waals surface area contributed by atoms with Gasteiger partial charge in [0, 0.05) is 30.0 Å². The van der Waals surface area contributed by atoms with Crippen LogP contribution in [-0.2, 0) is 0 Å². The molecule has 0 atom stereocenters. The van der Waals surface area contributed by atoms with E-state index >= 15 is 0 Å². The molecule has 1 aliphatic heterocycles. The molecule has 2 N–H and O–H groups in total. The first-order valence-corrected chi connectivity index (χ1v) is 9.00. The summed E-state index contributed by atoms with van der Waals surface area (Å²) in [6.45, 7) is 7.77. The molecule has 0 aliphatic carbocycles. The van der Waals surface area contributed by atoms with Crippen molar-refractivity contribution < 1.29 is 4.79 Å². The zero-order valence-electron chi connectivity index (χ0n) is 15.1. The van der Waals surface area contributed by atoms with Crippen LogP contribution in [0.2, 0.25) is 0 Å². The van der Waals surface area contributed by atoms with Gasteiger partial charge in [-0.3, -0.25) is 4.79 Å². The van der Waals surface area contributed by atoms with E-state index in [0.29, 0.717) is 0 Å². The monoisotopic (exact) mass is 336 g/mol. The van der Waals surface area contributed by atoms with Gasteiger partial charge in [-0.1, -0.05) is 0 Å². The minimum Gasteiger partial charge on any atom is -0.371 e. The van der Waals surface area contributed by atoms with Gasteiger partial charge in [-0.15, -0.1) is 0 Å². The van der Waals surface area contributed by atoms with Crippen molar-refractivity contribution in [2.75, 3.05) is 18.0 Å². The van der Waals surface area contributed by atoms with Gasteiger partial charge in [-0.25, -0.2) is 4.98 Å². The highest BCUT2D eigenvalue weighted by Crippen LogP contribution is 2.29. The third-order valence-corrected chi connectivity index (χ3v) is 5.21. The van der Waals surface area contributed by atoms with Crippen LogP contribution in [-0.4, -0.2) is 33.8 Å². The largest absolute Gasteiger partial charge is 0.371 e. The van der Waals surface area contributed by atoms with E-state index in [1.165, 1.54) is 24.9 Å². The van der Waals surface area contributed by atoms with E-state index in [-0.39, 0.29) is 5.78 Å². The van der Waals surface area contributed by atoms with Crippen molar-refractivity contribution in [3.8, 4) is 11.5 Å². The highest BCUT2D eigenvalue weighted by atomic mass is 16.1. The van der Waals surface area contributed by atoms with Crippen LogP contribution >= 0.6 is 0 Å². The molecule has 0 bridgehead atoms. The molecule has 0 unspecified atom stereocenters. The number of hydrogen-bond donors (Lipinski definition) is 2. The quantitative estimate of drug-likeness (QED) is 0.698. The number of aromatic nitrogens is 3. The first kappa shape index (κ1) is 15.9. The number of imidazole rings is 1. The zero-order chi connectivity index (χ0) is 17.6. The maximum Gasteiger partial charge on any atom is 0.161 e. The molecule has 1 saturated heterocycles. The van der Waals surface area contributed by atoms with E-state index in [1.54, 1.807) is 6.92 Å². The number of H-pyrrole nitrogens is 2. The lowest BCUT2D eigenvalue weighted by Gasteiger charge is -2.28. The van der Waals surface area contributed by atoms with Gasteiger partial charge < -0.3 is 14.9 Å². The van der Waals surface area contributed by atoms with Crippen LogP contribution in [0.25, 0.3) is 22.6 Å². The topological polar surface area (TPSA) is 64.8 Å². The van der Waals surface area contributed by atoms with Crippen molar-refractivity contribution in [1.82, 2.24) is 15.0 Å². The molecule has 1 fully saturated rings. The Bertz CT molecular complexity index is 944. The van der Waals surface area contributed by atoms with Crippen LogP contribution in [0, 0.1) is 13.8 Å². The van der Waals surface area contributed by atoms with Crippen LogP contribution in [0.5, 0.6) is 0 Å². The number of piperidine rings is 1. The second-order valence-electron chi connectivity index (χ2n) is 7.02. The zero-order valence-corrected chi connectivity index (χ0v) is 15.1. The van der Waals surface area contributed by atoms with E-state index < -0.39 is 0 Å². The molecule has 0 amide bonds.